The van der Waals surface area contributed by atoms with Crippen molar-refractivity contribution in [1.29, 1.82) is 0 Å². The van der Waals surface area contributed by atoms with Crippen LogP contribution in [0.5, 0.6) is 0 Å². The van der Waals surface area contributed by atoms with Crippen LogP contribution in [0, 0.1) is 5.41 Å². The molecule has 66 valence electrons. The van der Waals surface area contributed by atoms with Crippen molar-refractivity contribution in [2.75, 3.05) is 0 Å². The van der Waals surface area contributed by atoms with Crippen molar-refractivity contribution in [3.8, 4) is 0 Å². The van der Waals surface area contributed by atoms with E-state index < -0.39 is 0 Å². The minimum atomic E-state index is 0.717. The molecule has 0 amide bonds. The molecule has 1 heteroatoms. The maximum Gasteiger partial charge on any atom is 0.0173 e. The number of unbranched alkanes of at least 4 members (excludes halogenated alkanes) is 2. The van der Waals surface area contributed by atoms with Crippen LogP contribution in [0.15, 0.2) is 0 Å². The Morgan fingerprint density at radius 2 is 2.00 bits per heavy atom. The molecule has 0 nitrogen and oxygen atoms in total. The van der Waals surface area contributed by atoms with E-state index in [1.807, 2.05) is 0 Å². The fraction of sp³-hybridized carbons (Fsp3) is 1.00. The summed E-state index contributed by atoms with van der Waals surface area (Å²) in [5.41, 5.74) is 0.717. The van der Waals surface area contributed by atoms with Gasteiger partial charge in [0.05, 0.1) is 0 Å². The lowest BCUT2D eigenvalue weighted by atomic mass is 9.96. The Morgan fingerprint density at radius 3 is 2.36 bits per heavy atom. The highest BCUT2D eigenvalue weighted by atomic mass is 79.9. The van der Waals surface area contributed by atoms with Crippen molar-refractivity contribution in [3.05, 3.63) is 0 Å². The first-order chi connectivity index (χ1) is 5.21. The summed E-state index contributed by atoms with van der Waals surface area (Å²) in [6, 6.07) is 0. The Labute approximate surface area is 78.9 Å². The Morgan fingerprint density at radius 1 is 1.36 bits per heavy atom. The smallest absolute Gasteiger partial charge is 0.0173 e. The Hall–Kier alpha value is 0.480. The molecular weight excluding hydrogens is 200 g/mol. The van der Waals surface area contributed by atoms with Crippen molar-refractivity contribution >= 4 is 15.9 Å². The molecule has 1 aliphatic rings. The van der Waals surface area contributed by atoms with Crippen LogP contribution in [-0.2, 0) is 0 Å². The highest BCUT2D eigenvalue weighted by Gasteiger charge is 2.45. The van der Waals surface area contributed by atoms with Gasteiger partial charge < -0.3 is 0 Å². The fourth-order valence-corrected chi connectivity index (χ4v) is 2.42. The third-order valence-electron chi connectivity index (χ3n) is 3.01. The van der Waals surface area contributed by atoms with E-state index in [-0.39, 0.29) is 0 Å². The van der Waals surface area contributed by atoms with Gasteiger partial charge in [-0.3, -0.25) is 0 Å². The summed E-state index contributed by atoms with van der Waals surface area (Å²) < 4.78 is 0. The lowest BCUT2D eigenvalue weighted by Gasteiger charge is -2.17. The van der Waals surface area contributed by atoms with E-state index in [2.05, 4.69) is 29.8 Å². The Bertz CT molecular complexity index is 114. The summed E-state index contributed by atoms with van der Waals surface area (Å²) >= 11 is 3.71. The second kappa shape index (κ2) is 3.93. The third-order valence-corrected chi connectivity index (χ3v) is 3.99. The van der Waals surface area contributed by atoms with Gasteiger partial charge in [-0.05, 0) is 24.7 Å². The first-order valence-electron chi connectivity index (χ1n) is 4.85. The maximum atomic E-state index is 3.71. The molecule has 0 saturated heterocycles. The average molecular weight is 219 g/mol. The summed E-state index contributed by atoms with van der Waals surface area (Å²) in [6.45, 7) is 4.58. The van der Waals surface area contributed by atoms with Crippen LogP contribution < -0.4 is 0 Å². The van der Waals surface area contributed by atoms with Gasteiger partial charge in [0.1, 0.15) is 0 Å². The van der Waals surface area contributed by atoms with Gasteiger partial charge in [-0.25, -0.2) is 0 Å². The van der Waals surface area contributed by atoms with Crippen LogP contribution in [0.3, 0.4) is 0 Å². The number of halogens is 1. The molecule has 0 spiro atoms. The number of alkyl halides is 1. The number of hydrogen-bond donors (Lipinski definition) is 0. The quantitative estimate of drug-likeness (QED) is 0.481. The molecule has 1 rings (SSSR count). The Balaban J connectivity index is 2.14. The van der Waals surface area contributed by atoms with Gasteiger partial charge in [0.25, 0.3) is 0 Å². The van der Waals surface area contributed by atoms with Crippen molar-refractivity contribution in [2.45, 2.75) is 57.2 Å². The van der Waals surface area contributed by atoms with Crippen molar-refractivity contribution in [1.82, 2.24) is 0 Å². The van der Waals surface area contributed by atoms with Gasteiger partial charge in [0.15, 0.2) is 0 Å². The molecule has 1 unspecified atom stereocenters. The van der Waals surface area contributed by atoms with Gasteiger partial charge in [-0.15, -0.1) is 0 Å². The monoisotopic (exact) mass is 218 g/mol. The normalized spacial score (nSPS) is 23.2. The first-order valence-corrected chi connectivity index (χ1v) is 5.77. The van der Waals surface area contributed by atoms with Gasteiger partial charge in [-0.1, -0.05) is 49.0 Å². The van der Waals surface area contributed by atoms with E-state index in [1.54, 1.807) is 0 Å². The number of rotatable bonds is 5. The molecule has 0 aromatic heterocycles. The van der Waals surface area contributed by atoms with Gasteiger partial charge in [0.2, 0.25) is 0 Å². The molecule has 0 bridgehead atoms. The molecule has 0 aromatic rings. The second-order valence-corrected chi connectivity index (χ2v) is 5.31. The minimum absolute atomic E-state index is 0.717. The molecule has 1 saturated carbocycles. The largest absolute Gasteiger partial charge is 0.0888 e. The molecule has 1 atom stereocenters. The fourth-order valence-electron chi connectivity index (χ4n) is 1.73. The zero-order valence-electron chi connectivity index (χ0n) is 7.70. The van der Waals surface area contributed by atoms with Gasteiger partial charge in [0, 0.05) is 4.83 Å². The summed E-state index contributed by atoms with van der Waals surface area (Å²) in [5.74, 6) is 0. The highest BCUT2D eigenvalue weighted by molar-refractivity contribution is 9.09. The third kappa shape index (κ3) is 2.47. The van der Waals surface area contributed by atoms with E-state index in [1.165, 1.54) is 38.5 Å². The van der Waals surface area contributed by atoms with Gasteiger partial charge >= 0.3 is 0 Å². The van der Waals surface area contributed by atoms with E-state index in [4.69, 9.17) is 0 Å². The highest BCUT2D eigenvalue weighted by Crippen LogP contribution is 2.55. The summed E-state index contributed by atoms with van der Waals surface area (Å²) in [4.78, 5) is 0.742. The molecular formula is C10H19Br. The van der Waals surface area contributed by atoms with E-state index in [0.29, 0.717) is 0 Å². The molecule has 0 aliphatic heterocycles. The van der Waals surface area contributed by atoms with E-state index >= 15 is 0 Å². The average Bonchev–Trinajstić information content (AvgIpc) is 2.70. The zero-order chi connectivity index (χ0) is 8.32. The zero-order valence-corrected chi connectivity index (χ0v) is 9.28. The first kappa shape index (κ1) is 9.57. The van der Waals surface area contributed by atoms with Crippen molar-refractivity contribution < 1.29 is 0 Å². The molecule has 1 fully saturated rings. The van der Waals surface area contributed by atoms with E-state index in [0.717, 1.165) is 10.2 Å². The molecule has 11 heavy (non-hydrogen) atoms. The van der Waals surface area contributed by atoms with E-state index in [9.17, 15) is 0 Å². The van der Waals surface area contributed by atoms with Crippen molar-refractivity contribution in [2.24, 2.45) is 5.41 Å². The van der Waals surface area contributed by atoms with Crippen molar-refractivity contribution in [3.63, 3.8) is 0 Å². The second-order valence-electron chi connectivity index (χ2n) is 3.94. The SMILES string of the molecule is CCCCCC1(C(C)Br)CC1. The lowest BCUT2D eigenvalue weighted by molar-refractivity contribution is 0.440. The molecule has 0 heterocycles. The minimum Gasteiger partial charge on any atom is -0.0888 e. The Kier molecular flexibility index (Phi) is 3.42. The van der Waals surface area contributed by atoms with Crippen LogP contribution in [-0.4, -0.2) is 4.83 Å². The number of hydrogen-bond acceptors (Lipinski definition) is 0. The van der Waals surface area contributed by atoms with Gasteiger partial charge in [-0.2, -0.15) is 0 Å². The summed E-state index contributed by atoms with van der Waals surface area (Å²) in [6.07, 6.45) is 8.58. The van der Waals surface area contributed by atoms with Crippen LogP contribution in [0.2, 0.25) is 0 Å². The maximum absolute atomic E-state index is 3.71. The molecule has 1 aliphatic carbocycles. The summed E-state index contributed by atoms with van der Waals surface area (Å²) in [5, 5.41) is 0. The van der Waals surface area contributed by atoms with Crippen LogP contribution in [0.1, 0.15) is 52.4 Å². The predicted molar refractivity (Wildman–Crippen MR) is 54.2 cm³/mol. The molecule has 0 radical (unpaired) electrons. The standard InChI is InChI=1S/C10H19Br/c1-3-4-5-6-10(7-8-10)9(2)11/h9H,3-8H2,1-2H3. The van der Waals surface area contributed by atoms with Crippen LogP contribution in [0.4, 0.5) is 0 Å². The van der Waals surface area contributed by atoms with Crippen LogP contribution in [0.25, 0.3) is 0 Å². The summed E-state index contributed by atoms with van der Waals surface area (Å²) in [7, 11) is 0. The molecule has 0 aromatic carbocycles. The van der Waals surface area contributed by atoms with Crippen LogP contribution >= 0.6 is 15.9 Å². The molecule has 0 N–H and O–H groups in total. The lowest BCUT2D eigenvalue weighted by Crippen LogP contribution is -2.11. The topological polar surface area (TPSA) is 0 Å². The predicted octanol–water partition coefficient (Wildman–Crippen LogP) is 4.13.